The average Bonchev–Trinajstić information content (AvgIpc) is 1.98. The summed E-state index contributed by atoms with van der Waals surface area (Å²) in [6.45, 7) is 2.23. The summed E-state index contributed by atoms with van der Waals surface area (Å²) in [4.78, 5) is 11.2. The Morgan fingerprint density at radius 3 is 2.82 bits per heavy atom. The van der Waals surface area contributed by atoms with E-state index in [9.17, 15) is 4.79 Å². The van der Waals surface area contributed by atoms with Crippen LogP contribution >= 0.6 is 0 Å². The van der Waals surface area contributed by atoms with Gasteiger partial charge in [-0.2, -0.15) is 0 Å². The number of ketones is 1. The lowest BCUT2D eigenvalue weighted by Crippen LogP contribution is -2.23. The Morgan fingerprint density at radius 1 is 1.55 bits per heavy atom. The van der Waals surface area contributed by atoms with E-state index in [1.807, 2.05) is 6.92 Å². The van der Waals surface area contributed by atoms with Crippen molar-refractivity contribution in [2.24, 2.45) is 11.8 Å². The second-order valence-electron chi connectivity index (χ2n) is 3.53. The van der Waals surface area contributed by atoms with Gasteiger partial charge in [-0.1, -0.05) is 6.92 Å². The minimum absolute atomic E-state index is 0.228. The summed E-state index contributed by atoms with van der Waals surface area (Å²) in [7, 11) is 0. The highest BCUT2D eigenvalue weighted by Crippen LogP contribution is 2.27. The third kappa shape index (κ3) is 2.29. The Balaban J connectivity index is 2.34. The number of aliphatic hydroxyl groups excluding tert-OH is 1. The summed E-state index contributed by atoms with van der Waals surface area (Å²) in [6, 6.07) is 0. The van der Waals surface area contributed by atoms with Gasteiger partial charge in [-0.05, 0) is 25.2 Å². The Labute approximate surface area is 67.6 Å². The Hall–Kier alpha value is -0.370. The zero-order valence-corrected chi connectivity index (χ0v) is 7.05. The lowest BCUT2D eigenvalue weighted by Gasteiger charge is -2.24. The molecular formula is C9H16O2. The van der Waals surface area contributed by atoms with Crippen LogP contribution in [0.15, 0.2) is 0 Å². The minimum Gasteiger partial charge on any atom is -0.396 e. The van der Waals surface area contributed by atoms with E-state index in [4.69, 9.17) is 5.11 Å². The third-order valence-corrected chi connectivity index (χ3v) is 2.58. The molecule has 0 aromatic carbocycles. The van der Waals surface area contributed by atoms with Gasteiger partial charge in [-0.3, -0.25) is 4.79 Å². The van der Waals surface area contributed by atoms with Crippen LogP contribution in [0.25, 0.3) is 0 Å². The first kappa shape index (κ1) is 8.72. The fourth-order valence-corrected chi connectivity index (χ4v) is 1.66. The predicted molar refractivity (Wildman–Crippen MR) is 43.2 cm³/mol. The maximum atomic E-state index is 11.2. The van der Waals surface area contributed by atoms with Crippen molar-refractivity contribution >= 4 is 5.78 Å². The smallest absolute Gasteiger partial charge is 0.135 e. The molecular weight excluding hydrogens is 140 g/mol. The molecule has 1 fully saturated rings. The van der Waals surface area contributed by atoms with Crippen LogP contribution in [0.5, 0.6) is 0 Å². The van der Waals surface area contributed by atoms with E-state index >= 15 is 0 Å². The van der Waals surface area contributed by atoms with E-state index in [0.29, 0.717) is 18.1 Å². The van der Waals surface area contributed by atoms with Crippen LogP contribution in [-0.2, 0) is 4.79 Å². The molecule has 1 aliphatic carbocycles. The number of hydrogen-bond donors (Lipinski definition) is 1. The molecule has 2 atom stereocenters. The highest BCUT2D eigenvalue weighted by molar-refractivity contribution is 5.81. The standard InChI is InChI=1S/C9H16O2/c1-7-2-3-8(4-5-10)6-9(7)11/h7-8,10H,2-6H2,1H3. The molecule has 0 aromatic heterocycles. The monoisotopic (exact) mass is 156 g/mol. The lowest BCUT2D eigenvalue weighted by atomic mass is 9.81. The van der Waals surface area contributed by atoms with E-state index in [0.717, 1.165) is 19.3 Å². The number of hydrogen-bond acceptors (Lipinski definition) is 2. The summed E-state index contributed by atoms with van der Waals surface area (Å²) >= 11 is 0. The average molecular weight is 156 g/mol. The molecule has 64 valence electrons. The molecule has 0 heterocycles. The Bertz CT molecular complexity index is 142. The highest BCUT2D eigenvalue weighted by Gasteiger charge is 2.24. The van der Waals surface area contributed by atoms with Gasteiger partial charge in [0.05, 0.1) is 0 Å². The molecule has 1 aliphatic rings. The van der Waals surface area contributed by atoms with Gasteiger partial charge in [0, 0.05) is 18.9 Å². The fraction of sp³-hybridized carbons (Fsp3) is 0.889. The number of aliphatic hydroxyl groups is 1. The molecule has 0 aliphatic heterocycles. The van der Waals surface area contributed by atoms with Crippen molar-refractivity contribution in [2.75, 3.05) is 6.61 Å². The summed E-state index contributed by atoms with van der Waals surface area (Å²) in [6.07, 6.45) is 3.64. The molecule has 0 aromatic rings. The zero-order valence-electron chi connectivity index (χ0n) is 7.05. The number of carbonyl (C=O) groups excluding carboxylic acids is 1. The topological polar surface area (TPSA) is 37.3 Å². The highest BCUT2D eigenvalue weighted by atomic mass is 16.3. The molecule has 0 spiro atoms. The first-order chi connectivity index (χ1) is 5.24. The van der Waals surface area contributed by atoms with Crippen LogP contribution in [-0.4, -0.2) is 17.5 Å². The molecule has 2 unspecified atom stereocenters. The second-order valence-corrected chi connectivity index (χ2v) is 3.53. The van der Waals surface area contributed by atoms with Crippen molar-refractivity contribution in [3.8, 4) is 0 Å². The quantitative estimate of drug-likeness (QED) is 0.655. The van der Waals surface area contributed by atoms with Gasteiger partial charge in [0.25, 0.3) is 0 Å². The van der Waals surface area contributed by atoms with Crippen molar-refractivity contribution in [1.29, 1.82) is 0 Å². The van der Waals surface area contributed by atoms with E-state index in [1.54, 1.807) is 0 Å². The first-order valence-electron chi connectivity index (χ1n) is 4.37. The molecule has 0 bridgehead atoms. The van der Waals surface area contributed by atoms with Crippen LogP contribution in [0.4, 0.5) is 0 Å². The predicted octanol–water partition coefficient (Wildman–Crippen LogP) is 1.37. The first-order valence-corrected chi connectivity index (χ1v) is 4.37. The van der Waals surface area contributed by atoms with Crippen LogP contribution in [0.1, 0.15) is 32.6 Å². The molecule has 0 saturated heterocycles. The molecule has 2 nitrogen and oxygen atoms in total. The van der Waals surface area contributed by atoms with Crippen molar-refractivity contribution < 1.29 is 9.90 Å². The molecule has 0 amide bonds. The van der Waals surface area contributed by atoms with Gasteiger partial charge in [0.15, 0.2) is 0 Å². The van der Waals surface area contributed by atoms with E-state index in [1.165, 1.54) is 0 Å². The fourth-order valence-electron chi connectivity index (χ4n) is 1.66. The van der Waals surface area contributed by atoms with Gasteiger partial charge >= 0.3 is 0 Å². The van der Waals surface area contributed by atoms with Gasteiger partial charge < -0.3 is 5.11 Å². The van der Waals surface area contributed by atoms with Gasteiger partial charge in [0.2, 0.25) is 0 Å². The van der Waals surface area contributed by atoms with E-state index in [-0.39, 0.29) is 12.5 Å². The van der Waals surface area contributed by atoms with Crippen molar-refractivity contribution in [3.05, 3.63) is 0 Å². The zero-order chi connectivity index (χ0) is 8.27. The van der Waals surface area contributed by atoms with Crippen LogP contribution in [0, 0.1) is 11.8 Å². The second kappa shape index (κ2) is 3.86. The number of rotatable bonds is 2. The SMILES string of the molecule is CC1CCC(CCO)CC1=O. The summed E-state index contributed by atoms with van der Waals surface area (Å²) in [5, 5.41) is 8.66. The molecule has 2 heteroatoms. The summed E-state index contributed by atoms with van der Waals surface area (Å²) in [5.74, 6) is 1.11. The molecule has 1 N–H and O–H groups in total. The summed E-state index contributed by atoms with van der Waals surface area (Å²) < 4.78 is 0. The minimum atomic E-state index is 0.228. The molecule has 1 saturated carbocycles. The Kier molecular flexibility index (Phi) is 3.06. The molecule has 1 rings (SSSR count). The van der Waals surface area contributed by atoms with Gasteiger partial charge in [-0.25, -0.2) is 0 Å². The van der Waals surface area contributed by atoms with Crippen molar-refractivity contribution in [2.45, 2.75) is 32.6 Å². The largest absolute Gasteiger partial charge is 0.396 e. The lowest BCUT2D eigenvalue weighted by molar-refractivity contribution is -0.125. The van der Waals surface area contributed by atoms with Crippen molar-refractivity contribution in [1.82, 2.24) is 0 Å². The maximum absolute atomic E-state index is 11.2. The van der Waals surface area contributed by atoms with Crippen LogP contribution in [0.2, 0.25) is 0 Å². The molecule has 11 heavy (non-hydrogen) atoms. The number of Topliss-reactive ketones (excluding diaryl/α,β-unsaturated/α-hetero) is 1. The van der Waals surface area contributed by atoms with E-state index < -0.39 is 0 Å². The maximum Gasteiger partial charge on any atom is 0.135 e. The van der Waals surface area contributed by atoms with Gasteiger partial charge in [-0.15, -0.1) is 0 Å². The number of carbonyl (C=O) groups is 1. The third-order valence-electron chi connectivity index (χ3n) is 2.58. The van der Waals surface area contributed by atoms with E-state index in [2.05, 4.69) is 0 Å². The van der Waals surface area contributed by atoms with Crippen molar-refractivity contribution in [3.63, 3.8) is 0 Å². The summed E-state index contributed by atoms with van der Waals surface area (Å²) in [5.41, 5.74) is 0. The van der Waals surface area contributed by atoms with Crippen LogP contribution < -0.4 is 0 Å². The normalized spacial score (nSPS) is 32.4. The van der Waals surface area contributed by atoms with Crippen LogP contribution in [0.3, 0.4) is 0 Å². The Morgan fingerprint density at radius 2 is 2.27 bits per heavy atom. The van der Waals surface area contributed by atoms with Gasteiger partial charge in [0.1, 0.15) is 5.78 Å². The molecule has 0 radical (unpaired) electrons.